The summed E-state index contributed by atoms with van der Waals surface area (Å²) in [6.45, 7) is 5.51. The van der Waals surface area contributed by atoms with Gasteiger partial charge in [0.15, 0.2) is 9.84 Å². The van der Waals surface area contributed by atoms with Crippen molar-refractivity contribution in [3.63, 3.8) is 0 Å². The minimum atomic E-state index is -3.37. The number of nitrogens with one attached hydrogen (secondary N) is 2. The Bertz CT molecular complexity index is 1320. The summed E-state index contributed by atoms with van der Waals surface area (Å²) in [7, 11) is -3.37. The van der Waals surface area contributed by atoms with Gasteiger partial charge in [-0.3, -0.25) is 9.78 Å². The van der Waals surface area contributed by atoms with Crippen LogP contribution in [0.15, 0.2) is 65.7 Å². The Kier molecular flexibility index (Phi) is 9.78. The highest BCUT2D eigenvalue weighted by Crippen LogP contribution is 2.24. The van der Waals surface area contributed by atoms with E-state index in [1.807, 2.05) is 26.0 Å². The molecule has 0 aliphatic heterocycles. The molecule has 0 bridgehead atoms. The summed E-state index contributed by atoms with van der Waals surface area (Å²) in [5, 5.41) is 16.4. The fraction of sp³-hybridized carbons (Fsp3) is 0.333. The second-order valence-electron chi connectivity index (χ2n) is 9.00. The number of aromatic nitrogens is 1. The zero-order valence-electron chi connectivity index (χ0n) is 20.9. The SMILES string of the molecule is CCS(=O)(=O)c1ccc([C@H](CO)NC(=O)c2cnc(C(NCc3ccc(Cl)cc3)C(C)C)c(F)c2)cc1. The normalized spacial score (nSPS) is 13.4. The summed E-state index contributed by atoms with van der Waals surface area (Å²) in [4.78, 5) is 17.2. The van der Waals surface area contributed by atoms with Crippen LogP contribution in [0.5, 0.6) is 0 Å². The Balaban J connectivity index is 1.73. The number of sulfone groups is 1. The average Bonchev–Trinajstić information content (AvgIpc) is 2.89. The van der Waals surface area contributed by atoms with Gasteiger partial charge in [-0.15, -0.1) is 0 Å². The number of benzene rings is 2. The van der Waals surface area contributed by atoms with Gasteiger partial charge in [0, 0.05) is 17.8 Å². The van der Waals surface area contributed by atoms with E-state index in [2.05, 4.69) is 15.6 Å². The van der Waals surface area contributed by atoms with Crippen LogP contribution in [0.3, 0.4) is 0 Å². The van der Waals surface area contributed by atoms with E-state index in [1.54, 1.807) is 19.1 Å². The van der Waals surface area contributed by atoms with E-state index >= 15 is 4.39 Å². The Hall–Kier alpha value is -2.85. The second kappa shape index (κ2) is 12.6. The first-order valence-electron chi connectivity index (χ1n) is 11.9. The molecular weight excluding hydrogens is 517 g/mol. The van der Waals surface area contributed by atoms with Crippen LogP contribution in [0.25, 0.3) is 0 Å². The lowest BCUT2D eigenvalue weighted by atomic mass is 9.98. The Morgan fingerprint density at radius 2 is 1.76 bits per heavy atom. The zero-order chi connectivity index (χ0) is 27.2. The molecule has 3 aromatic rings. The van der Waals surface area contributed by atoms with E-state index in [1.165, 1.54) is 30.5 Å². The van der Waals surface area contributed by atoms with Gasteiger partial charge in [-0.2, -0.15) is 0 Å². The number of hydrogen-bond acceptors (Lipinski definition) is 6. The van der Waals surface area contributed by atoms with Crippen molar-refractivity contribution in [1.29, 1.82) is 0 Å². The van der Waals surface area contributed by atoms with E-state index in [9.17, 15) is 18.3 Å². The van der Waals surface area contributed by atoms with E-state index < -0.39 is 40.3 Å². The number of aliphatic hydroxyl groups excluding tert-OH is 1. The minimum Gasteiger partial charge on any atom is -0.394 e. The van der Waals surface area contributed by atoms with Gasteiger partial charge in [0.25, 0.3) is 5.91 Å². The number of aliphatic hydroxyl groups is 1. The summed E-state index contributed by atoms with van der Waals surface area (Å²) in [6, 6.07) is 13.2. The van der Waals surface area contributed by atoms with Crippen molar-refractivity contribution in [3.8, 4) is 0 Å². The molecule has 2 aromatic carbocycles. The predicted octanol–water partition coefficient (Wildman–Crippen LogP) is 4.62. The number of nitrogens with zero attached hydrogens (tertiary/aromatic N) is 1. The molecule has 0 fully saturated rings. The van der Waals surface area contributed by atoms with Crippen LogP contribution in [0.1, 0.15) is 60.0 Å². The Morgan fingerprint density at radius 1 is 1.11 bits per heavy atom. The Morgan fingerprint density at radius 3 is 2.30 bits per heavy atom. The van der Waals surface area contributed by atoms with Crippen LogP contribution >= 0.6 is 11.6 Å². The number of carbonyl (C=O) groups excluding carboxylic acids is 1. The molecule has 1 heterocycles. The summed E-state index contributed by atoms with van der Waals surface area (Å²) < 4.78 is 39.2. The van der Waals surface area contributed by atoms with Crippen LogP contribution < -0.4 is 10.6 Å². The van der Waals surface area contributed by atoms with Crippen LogP contribution in [0, 0.1) is 11.7 Å². The first kappa shape index (κ1) is 28.7. The number of hydrogen-bond donors (Lipinski definition) is 3. The maximum absolute atomic E-state index is 15.1. The van der Waals surface area contributed by atoms with Crippen LogP contribution in [0.4, 0.5) is 4.39 Å². The van der Waals surface area contributed by atoms with Crippen molar-refractivity contribution in [3.05, 3.63) is 94.0 Å². The van der Waals surface area contributed by atoms with Gasteiger partial charge in [-0.05, 0) is 47.4 Å². The molecule has 0 aliphatic carbocycles. The molecule has 1 amide bonds. The molecule has 37 heavy (non-hydrogen) atoms. The molecule has 198 valence electrons. The van der Waals surface area contributed by atoms with E-state index in [-0.39, 0.29) is 27.8 Å². The maximum atomic E-state index is 15.1. The molecule has 1 aromatic heterocycles. The van der Waals surface area contributed by atoms with Crippen molar-refractivity contribution in [2.24, 2.45) is 5.92 Å². The molecule has 3 rings (SSSR count). The predicted molar refractivity (Wildman–Crippen MR) is 142 cm³/mol. The molecule has 0 aliphatic rings. The molecule has 0 spiro atoms. The molecular formula is C27H31ClFN3O4S. The van der Waals surface area contributed by atoms with Crippen molar-refractivity contribution in [2.45, 2.75) is 44.3 Å². The highest BCUT2D eigenvalue weighted by molar-refractivity contribution is 7.91. The Labute approximate surface area is 222 Å². The van der Waals surface area contributed by atoms with Gasteiger partial charge in [-0.25, -0.2) is 12.8 Å². The first-order valence-corrected chi connectivity index (χ1v) is 14.0. The fourth-order valence-corrected chi connectivity index (χ4v) is 4.84. The minimum absolute atomic E-state index is 0.00471. The van der Waals surface area contributed by atoms with Gasteiger partial charge in [0.1, 0.15) is 5.82 Å². The van der Waals surface area contributed by atoms with Gasteiger partial charge in [0.2, 0.25) is 0 Å². The monoisotopic (exact) mass is 547 g/mol. The van der Waals surface area contributed by atoms with Gasteiger partial charge in [-0.1, -0.05) is 56.6 Å². The lowest BCUT2D eigenvalue weighted by Gasteiger charge is -2.23. The lowest BCUT2D eigenvalue weighted by molar-refractivity contribution is 0.0915. The quantitative estimate of drug-likeness (QED) is 0.323. The third-order valence-corrected chi connectivity index (χ3v) is 8.04. The first-order chi connectivity index (χ1) is 17.6. The molecule has 1 unspecified atom stereocenters. The third kappa shape index (κ3) is 7.35. The topological polar surface area (TPSA) is 108 Å². The van der Waals surface area contributed by atoms with Gasteiger partial charge in [0.05, 0.1) is 40.6 Å². The van der Waals surface area contributed by atoms with Crippen molar-refractivity contribution >= 4 is 27.3 Å². The largest absolute Gasteiger partial charge is 0.394 e. The van der Waals surface area contributed by atoms with E-state index in [0.29, 0.717) is 17.1 Å². The standard InChI is InChI=1S/C27H31ClFN3O4S/c1-4-37(35,36)22-11-7-19(8-12-22)24(16-33)32-27(34)20-13-23(29)26(31-15-20)25(17(2)3)30-14-18-5-9-21(28)10-6-18/h5-13,15,17,24-25,30,33H,4,14,16H2,1-3H3,(H,32,34)/t24-,25?/m0/s1. The van der Waals surface area contributed by atoms with Crippen molar-refractivity contribution in [1.82, 2.24) is 15.6 Å². The smallest absolute Gasteiger partial charge is 0.253 e. The summed E-state index contributed by atoms with van der Waals surface area (Å²) in [5.74, 6) is -1.25. The molecule has 7 nitrogen and oxygen atoms in total. The van der Waals surface area contributed by atoms with E-state index in [0.717, 1.165) is 11.6 Å². The van der Waals surface area contributed by atoms with Crippen LogP contribution in [-0.4, -0.2) is 36.8 Å². The summed E-state index contributed by atoms with van der Waals surface area (Å²) >= 11 is 5.94. The number of halogens is 2. The second-order valence-corrected chi connectivity index (χ2v) is 11.7. The van der Waals surface area contributed by atoms with Crippen LogP contribution in [-0.2, 0) is 16.4 Å². The number of amides is 1. The fourth-order valence-electron chi connectivity index (χ4n) is 3.83. The zero-order valence-corrected chi connectivity index (χ0v) is 22.5. The van der Waals surface area contributed by atoms with E-state index in [4.69, 9.17) is 11.6 Å². The number of pyridine rings is 1. The van der Waals surface area contributed by atoms with Crippen molar-refractivity contribution < 1.29 is 22.7 Å². The van der Waals surface area contributed by atoms with Crippen LogP contribution in [0.2, 0.25) is 5.02 Å². The summed E-state index contributed by atoms with van der Waals surface area (Å²) in [6.07, 6.45) is 1.30. The van der Waals surface area contributed by atoms with Gasteiger partial charge < -0.3 is 15.7 Å². The van der Waals surface area contributed by atoms with Crippen molar-refractivity contribution in [2.75, 3.05) is 12.4 Å². The molecule has 10 heteroatoms. The molecule has 3 N–H and O–H groups in total. The highest BCUT2D eigenvalue weighted by Gasteiger charge is 2.23. The number of rotatable bonds is 11. The molecule has 0 saturated heterocycles. The third-order valence-electron chi connectivity index (χ3n) is 6.04. The van der Waals surface area contributed by atoms with Gasteiger partial charge >= 0.3 is 0 Å². The lowest BCUT2D eigenvalue weighted by Crippen LogP contribution is -2.31. The maximum Gasteiger partial charge on any atom is 0.253 e. The number of carbonyl (C=O) groups is 1. The highest BCUT2D eigenvalue weighted by atomic mass is 35.5. The molecule has 2 atom stereocenters. The molecule has 0 radical (unpaired) electrons. The average molecular weight is 548 g/mol. The molecule has 0 saturated carbocycles. The summed E-state index contributed by atoms with van der Waals surface area (Å²) in [5.41, 5.74) is 1.71.